The quantitative estimate of drug-likeness (QED) is 0.554. The maximum absolute atomic E-state index is 13.2. The van der Waals surface area contributed by atoms with Gasteiger partial charge >= 0.3 is 0 Å². The Morgan fingerprint density at radius 3 is 2.13 bits per heavy atom. The van der Waals surface area contributed by atoms with E-state index in [2.05, 4.69) is 37.4 Å². The Hall–Kier alpha value is -2.27. The van der Waals surface area contributed by atoms with Gasteiger partial charge in [-0.3, -0.25) is 9.59 Å². The average molecular weight is 441 g/mol. The first-order valence-electron chi connectivity index (χ1n) is 11.0. The molecule has 31 heavy (non-hydrogen) atoms. The summed E-state index contributed by atoms with van der Waals surface area (Å²) in [6.07, 6.45) is 0.857. The van der Waals surface area contributed by atoms with Gasteiger partial charge in [-0.25, -0.2) is 0 Å². The molecule has 0 bridgehead atoms. The lowest BCUT2D eigenvalue weighted by atomic mass is 10.1. The number of hydrogen-bond donors (Lipinski definition) is 1. The normalized spacial score (nSPS) is 12.8. The van der Waals surface area contributed by atoms with E-state index in [0.717, 1.165) is 17.7 Å². The fraction of sp³-hybridized carbons (Fsp3) is 0.462. The number of aryl methyl sites for hydroxylation is 3. The van der Waals surface area contributed by atoms with Crippen molar-refractivity contribution < 1.29 is 9.59 Å². The third-order valence-electron chi connectivity index (χ3n) is 5.42. The molecule has 0 spiro atoms. The van der Waals surface area contributed by atoms with Crippen LogP contribution < -0.4 is 5.32 Å². The molecule has 2 aromatic rings. The van der Waals surface area contributed by atoms with Gasteiger partial charge in [-0.2, -0.15) is 0 Å². The molecule has 2 rings (SSSR count). The van der Waals surface area contributed by atoms with E-state index in [9.17, 15) is 9.59 Å². The van der Waals surface area contributed by atoms with Crippen molar-refractivity contribution in [3.63, 3.8) is 0 Å². The minimum absolute atomic E-state index is 0.0123. The molecule has 0 radical (unpaired) electrons. The zero-order valence-corrected chi connectivity index (χ0v) is 20.5. The van der Waals surface area contributed by atoms with E-state index in [1.165, 1.54) is 22.3 Å². The van der Waals surface area contributed by atoms with Crippen LogP contribution in [0.2, 0.25) is 0 Å². The van der Waals surface area contributed by atoms with E-state index in [-0.39, 0.29) is 17.9 Å². The Morgan fingerprint density at radius 2 is 1.55 bits per heavy atom. The summed E-state index contributed by atoms with van der Waals surface area (Å²) >= 11 is 1.60. The number of nitrogens with zero attached hydrogens (tertiary/aromatic N) is 1. The number of carbonyl (C=O) groups is 2. The molecule has 0 aliphatic heterocycles. The van der Waals surface area contributed by atoms with Crippen molar-refractivity contribution >= 4 is 23.6 Å². The van der Waals surface area contributed by atoms with E-state index < -0.39 is 6.04 Å². The summed E-state index contributed by atoms with van der Waals surface area (Å²) in [5.41, 5.74) is 5.90. The summed E-state index contributed by atoms with van der Waals surface area (Å²) in [5, 5.41) is 3.01. The molecule has 2 aromatic carbocycles. The molecule has 2 atom stereocenters. The van der Waals surface area contributed by atoms with Gasteiger partial charge in [-0.1, -0.05) is 66.1 Å². The lowest BCUT2D eigenvalue weighted by molar-refractivity contribution is -0.138. The molecule has 0 aliphatic carbocycles. The third-order valence-corrected chi connectivity index (χ3v) is 6.41. The van der Waals surface area contributed by atoms with Gasteiger partial charge in [-0.05, 0) is 52.2 Å². The SMILES string of the molecule is CC[C@@H](C)NC(=O)[C@@H](C)N(Cc1ccc(C)cc1)C(=O)CSCc1cc(C)cc(C)c1. The van der Waals surface area contributed by atoms with E-state index >= 15 is 0 Å². The van der Waals surface area contributed by atoms with Gasteiger partial charge in [0.2, 0.25) is 11.8 Å². The van der Waals surface area contributed by atoms with Gasteiger partial charge in [0.15, 0.2) is 0 Å². The fourth-order valence-corrected chi connectivity index (χ4v) is 4.27. The second kappa shape index (κ2) is 11.9. The second-order valence-corrected chi connectivity index (χ2v) is 9.48. The van der Waals surface area contributed by atoms with Crippen LogP contribution in [0.1, 0.15) is 55.0 Å². The average Bonchev–Trinajstić information content (AvgIpc) is 2.71. The van der Waals surface area contributed by atoms with Crippen molar-refractivity contribution in [1.29, 1.82) is 0 Å². The maximum Gasteiger partial charge on any atom is 0.242 e. The van der Waals surface area contributed by atoms with Gasteiger partial charge < -0.3 is 10.2 Å². The van der Waals surface area contributed by atoms with Crippen LogP contribution in [-0.2, 0) is 21.9 Å². The zero-order valence-electron chi connectivity index (χ0n) is 19.7. The Morgan fingerprint density at radius 1 is 0.935 bits per heavy atom. The molecule has 168 valence electrons. The number of nitrogens with one attached hydrogen (secondary N) is 1. The van der Waals surface area contributed by atoms with Crippen molar-refractivity contribution in [1.82, 2.24) is 10.2 Å². The summed E-state index contributed by atoms with van der Waals surface area (Å²) in [6, 6.07) is 14.2. The summed E-state index contributed by atoms with van der Waals surface area (Å²) < 4.78 is 0. The Labute approximate surface area is 191 Å². The molecule has 0 aromatic heterocycles. The van der Waals surface area contributed by atoms with Crippen molar-refractivity contribution in [2.24, 2.45) is 0 Å². The standard InChI is InChI=1S/C26H36N2O2S/c1-7-21(5)27-26(30)22(6)28(15-23-10-8-18(2)9-11-23)25(29)17-31-16-24-13-19(3)12-20(4)14-24/h8-14,21-22H,7,15-17H2,1-6H3,(H,27,30)/t21-,22-/m1/s1. The highest BCUT2D eigenvalue weighted by Crippen LogP contribution is 2.18. The van der Waals surface area contributed by atoms with Crippen LogP contribution in [0.5, 0.6) is 0 Å². The highest BCUT2D eigenvalue weighted by molar-refractivity contribution is 7.99. The Balaban J connectivity index is 2.08. The first-order valence-corrected chi connectivity index (χ1v) is 12.1. The minimum atomic E-state index is -0.524. The van der Waals surface area contributed by atoms with Gasteiger partial charge in [0.1, 0.15) is 6.04 Å². The zero-order chi connectivity index (χ0) is 23.0. The van der Waals surface area contributed by atoms with Crippen LogP contribution in [0.15, 0.2) is 42.5 Å². The van der Waals surface area contributed by atoms with Crippen molar-refractivity contribution in [3.05, 3.63) is 70.3 Å². The van der Waals surface area contributed by atoms with Crippen molar-refractivity contribution in [2.75, 3.05) is 5.75 Å². The molecule has 0 aliphatic rings. The van der Waals surface area contributed by atoms with E-state index in [0.29, 0.717) is 12.3 Å². The first kappa shape index (κ1) is 25.0. The molecule has 0 fully saturated rings. The largest absolute Gasteiger partial charge is 0.352 e. The van der Waals surface area contributed by atoms with Gasteiger partial charge in [0, 0.05) is 18.3 Å². The first-order chi connectivity index (χ1) is 14.7. The summed E-state index contributed by atoms with van der Waals surface area (Å²) in [4.78, 5) is 27.6. The Bertz CT molecular complexity index is 859. The number of benzene rings is 2. The molecule has 0 heterocycles. The highest BCUT2D eigenvalue weighted by Gasteiger charge is 2.26. The number of rotatable bonds is 10. The topological polar surface area (TPSA) is 49.4 Å². The molecular formula is C26H36N2O2S. The van der Waals surface area contributed by atoms with Crippen LogP contribution in [0.3, 0.4) is 0 Å². The molecule has 4 nitrogen and oxygen atoms in total. The number of hydrogen-bond acceptors (Lipinski definition) is 3. The van der Waals surface area contributed by atoms with Gasteiger partial charge in [-0.15, -0.1) is 11.8 Å². The molecule has 5 heteroatoms. The van der Waals surface area contributed by atoms with E-state index in [4.69, 9.17) is 0 Å². The number of carbonyl (C=O) groups excluding carboxylic acids is 2. The van der Waals surface area contributed by atoms with Crippen molar-refractivity contribution in [2.45, 2.75) is 72.3 Å². The number of amides is 2. The van der Waals surface area contributed by atoms with Crippen LogP contribution in [-0.4, -0.2) is 34.6 Å². The lowest BCUT2D eigenvalue weighted by Gasteiger charge is -2.29. The van der Waals surface area contributed by atoms with Crippen LogP contribution in [0.25, 0.3) is 0 Å². The molecule has 0 saturated heterocycles. The predicted molar refractivity (Wildman–Crippen MR) is 131 cm³/mol. The van der Waals surface area contributed by atoms with Crippen LogP contribution in [0.4, 0.5) is 0 Å². The second-order valence-electron chi connectivity index (χ2n) is 8.49. The van der Waals surface area contributed by atoms with E-state index in [1.54, 1.807) is 16.7 Å². The van der Waals surface area contributed by atoms with Crippen LogP contribution in [0, 0.1) is 20.8 Å². The molecular weight excluding hydrogens is 404 g/mol. The molecule has 1 N–H and O–H groups in total. The summed E-state index contributed by atoms with van der Waals surface area (Å²) in [5.74, 6) is 1.01. The summed E-state index contributed by atoms with van der Waals surface area (Å²) in [7, 11) is 0. The molecule has 0 saturated carbocycles. The Kier molecular flexibility index (Phi) is 9.63. The highest BCUT2D eigenvalue weighted by atomic mass is 32.2. The molecule has 2 amide bonds. The van der Waals surface area contributed by atoms with Crippen LogP contribution >= 0.6 is 11.8 Å². The van der Waals surface area contributed by atoms with Gasteiger partial charge in [0.25, 0.3) is 0 Å². The maximum atomic E-state index is 13.2. The minimum Gasteiger partial charge on any atom is -0.352 e. The smallest absolute Gasteiger partial charge is 0.242 e. The third kappa shape index (κ3) is 8.06. The fourth-order valence-electron chi connectivity index (χ4n) is 3.43. The molecule has 0 unspecified atom stereocenters. The lowest BCUT2D eigenvalue weighted by Crippen LogP contribution is -2.50. The van der Waals surface area contributed by atoms with Gasteiger partial charge in [0.05, 0.1) is 5.75 Å². The summed E-state index contributed by atoms with van der Waals surface area (Å²) in [6.45, 7) is 12.5. The predicted octanol–water partition coefficient (Wildman–Crippen LogP) is 5.18. The monoisotopic (exact) mass is 440 g/mol. The van der Waals surface area contributed by atoms with Crippen molar-refractivity contribution in [3.8, 4) is 0 Å². The number of thioether (sulfide) groups is 1. The van der Waals surface area contributed by atoms with E-state index in [1.807, 2.05) is 52.0 Å².